The van der Waals surface area contributed by atoms with Crippen LogP contribution in [0.5, 0.6) is 0 Å². The van der Waals surface area contributed by atoms with Crippen LogP contribution in [0.2, 0.25) is 0 Å². The summed E-state index contributed by atoms with van der Waals surface area (Å²) < 4.78 is 0. The summed E-state index contributed by atoms with van der Waals surface area (Å²) in [5, 5.41) is 7.08. The molecule has 1 aliphatic carbocycles. The van der Waals surface area contributed by atoms with Crippen molar-refractivity contribution in [1.29, 1.82) is 0 Å². The predicted octanol–water partition coefficient (Wildman–Crippen LogP) is 2.54. The van der Waals surface area contributed by atoms with Crippen molar-refractivity contribution < 1.29 is 0 Å². The summed E-state index contributed by atoms with van der Waals surface area (Å²) in [4.78, 5) is 0. The molecule has 2 heteroatoms. The van der Waals surface area contributed by atoms with Gasteiger partial charge in [-0.25, -0.2) is 0 Å². The maximum absolute atomic E-state index is 3.58. The lowest BCUT2D eigenvalue weighted by molar-refractivity contribution is 0.392. The van der Waals surface area contributed by atoms with Crippen LogP contribution < -0.4 is 10.6 Å². The van der Waals surface area contributed by atoms with Gasteiger partial charge in [0, 0.05) is 25.2 Å². The summed E-state index contributed by atoms with van der Waals surface area (Å²) in [6.45, 7) is 12.3. The van der Waals surface area contributed by atoms with E-state index in [9.17, 15) is 0 Å². The molecule has 1 aliphatic rings. The Morgan fingerprint density at radius 3 is 2.27 bits per heavy atom. The molecule has 0 aromatic carbocycles. The Morgan fingerprint density at radius 1 is 1.13 bits per heavy atom. The number of rotatable bonds is 7. The Hall–Kier alpha value is -0.0800. The second kappa shape index (κ2) is 5.31. The van der Waals surface area contributed by atoms with E-state index in [0.29, 0.717) is 5.41 Å². The third-order valence-electron chi connectivity index (χ3n) is 3.19. The fraction of sp³-hybridized carbons (Fsp3) is 1.00. The summed E-state index contributed by atoms with van der Waals surface area (Å²) in [5.41, 5.74) is 0.943. The SMILES string of the molecule is CCCC1(CNCCNC(C)(C)C)CC1. The van der Waals surface area contributed by atoms with Crippen LogP contribution in [0.3, 0.4) is 0 Å². The quantitative estimate of drug-likeness (QED) is 0.634. The molecule has 1 fully saturated rings. The molecule has 0 heterocycles. The summed E-state index contributed by atoms with van der Waals surface area (Å²) in [5.74, 6) is 0. The van der Waals surface area contributed by atoms with E-state index in [0.717, 1.165) is 13.1 Å². The van der Waals surface area contributed by atoms with Gasteiger partial charge in [0.1, 0.15) is 0 Å². The van der Waals surface area contributed by atoms with Gasteiger partial charge in [-0.3, -0.25) is 0 Å². The summed E-state index contributed by atoms with van der Waals surface area (Å²) in [6, 6.07) is 0. The molecule has 0 aliphatic heterocycles. The van der Waals surface area contributed by atoms with Crippen LogP contribution in [-0.2, 0) is 0 Å². The van der Waals surface area contributed by atoms with Crippen molar-refractivity contribution in [1.82, 2.24) is 10.6 Å². The van der Waals surface area contributed by atoms with Crippen LogP contribution in [0.1, 0.15) is 53.4 Å². The molecule has 0 spiro atoms. The summed E-state index contributed by atoms with van der Waals surface area (Å²) in [7, 11) is 0. The molecule has 2 N–H and O–H groups in total. The lowest BCUT2D eigenvalue weighted by atomic mass is 10.0. The van der Waals surface area contributed by atoms with Gasteiger partial charge in [0.2, 0.25) is 0 Å². The fourth-order valence-corrected chi connectivity index (χ4v) is 2.10. The molecule has 0 radical (unpaired) electrons. The van der Waals surface area contributed by atoms with Crippen molar-refractivity contribution in [2.24, 2.45) is 5.41 Å². The Labute approximate surface area is 95.2 Å². The Kier molecular flexibility index (Phi) is 4.60. The van der Waals surface area contributed by atoms with E-state index < -0.39 is 0 Å². The monoisotopic (exact) mass is 212 g/mol. The lowest BCUT2D eigenvalue weighted by Gasteiger charge is -2.21. The molecule has 0 amide bonds. The normalized spacial score (nSPS) is 19.2. The Bertz CT molecular complexity index is 177. The van der Waals surface area contributed by atoms with Gasteiger partial charge in [-0.15, -0.1) is 0 Å². The molecule has 0 saturated heterocycles. The topological polar surface area (TPSA) is 24.1 Å². The summed E-state index contributed by atoms with van der Waals surface area (Å²) in [6.07, 6.45) is 5.63. The average Bonchev–Trinajstić information content (AvgIpc) is 2.83. The molecule has 15 heavy (non-hydrogen) atoms. The van der Waals surface area contributed by atoms with Gasteiger partial charge in [-0.1, -0.05) is 13.3 Å². The summed E-state index contributed by atoms with van der Waals surface area (Å²) >= 11 is 0. The van der Waals surface area contributed by atoms with Crippen LogP contribution in [0.4, 0.5) is 0 Å². The van der Waals surface area contributed by atoms with Crippen molar-refractivity contribution in [2.45, 2.75) is 58.9 Å². The van der Waals surface area contributed by atoms with Crippen LogP contribution >= 0.6 is 0 Å². The van der Waals surface area contributed by atoms with Gasteiger partial charge in [0.15, 0.2) is 0 Å². The molecule has 0 unspecified atom stereocenters. The van der Waals surface area contributed by atoms with Crippen molar-refractivity contribution >= 4 is 0 Å². The zero-order chi connectivity index (χ0) is 11.4. The van der Waals surface area contributed by atoms with Gasteiger partial charge in [0.05, 0.1) is 0 Å². The molecular weight excluding hydrogens is 184 g/mol. The van der Waals surface area contributed by atoms with E-state index in [1.54, 1.807) is 0 Å². The van der Waals surface area contributed by atoms with E-state index in [-0.39, 0.29) is 5.54 Å². The van der Waals surface area contributed by atoms with E-state index in [2.05, 4.69) is 38.3 Å². The van der Waals surface area contributed by atoms with Crippen molar-refractivity contribution in [3.8, 4) is 0 Å². The van der Waals surface area contributed by atoms with Crippen LogP contribution in [0.15, 0.2) is 0 Å². The molecule has 0 atom stereocenters. The maximum Gasteiger partial charge on any atom is 0.00970 e. The first-order chi connectivity index (χ1) is 6.97. The van der Waals surface area contributed by atoms with Crippen molar-refractivity contribution in [2.75, 3.05) is 19.6 Å². The van der Waals surface area contributed by atoms with Crippen LogP contribution in [0, 0.1) is 5.41 Å². The largest absolute Gasteiger partial charge is 0.315 e. The smallest absolute Gasteiger partial charge is 0.00970 e. The molecule has 0 aromatic rings. The van der Waals surface area contributed by atoms with Gasteiger partial charge < -0.3 is 10.6 Å². The zero-order valence-corrected chi connectivity index (χ0v) is 10.9. The number of hydrogen-bond donors (Lipinski definition) is 2. The Balaban J connectivity index is 1.98. The molecule has 0 aromatic heterocycles. The second-order valence-corrected chi connectivity index (χ2v) is 6.10. The third-order valence-corrected chi connectivity index (χ3v) is 3.19. The second-order valence-electron chi connectivity index (χ2n) is 6.10. The minimum atomic E-state index is 0.252. The fourth-order valence-electron chi connectivity index (χ4n) is 2.10. The lowest BCUT2D eigenvalue weighted by Crippen LogP contribution is -2.41. The van der Waals surface area contributed by atoms with Gasteiger partial charge in [0.25, 0.3) is 0 Å². The first kappa shape index (κ1) is 13.0. The molecule has 2 nitrogen and oxygen atoms in total. The first-order valence-corrected chi connectivity index (χ1v) is 6.43. The Morgan fingerprint density at radius 2 is 1.80 bits per heavy atom. The van der Waals surface area contributed by atoms with Gasteiger partial charge >= 0.3 is 0 Å². The standard InChI is InChI=1S/C13H28N2/c1-5-6-13(7-8-13)11-14-9-10-15-12(2,3)4/h14-15H,5-11H2,1-4H3. The highest BCUT2D eigenvalue weighted by molar-refractivity contribution is 4.94. The van der Waals surface area contributed by atoms with Crippen LogP contribution in [0.25, 0.3) is 0 Å². The minimum absolute atomic E-state index is 0.252. The zero-order valence-electron chi connectivity index (χ0n) is 10.9. The molecule has 0 bridgehead atoms. The van der Waals surface area contributed by atoms with Crippen molar-refractivity contribution in [3.63, 3.8) is 0 Å². The third kappa shape index (κ3) is 5.53. The molecule has 1 rings (SSSR count). The maximum atomic E-state index is 3.58. The van der Waals surface area contributed by atoms with Gasteiger partial charge in [-0.05, 0) is 45.4 Å². The van der Waals surface area contributed by atoms with E-state index >= 15 is 0 Å². The number of nitrogens with one attached hydrogen (secondary N) is 2. The van der Waals surface area contributed by atoms with Crippen molar-refractivity contribution in [3.05, 3.63) is 0 Å². The highest BCUT2D eigenvalue weighted by Crippen LogP contribution is 2.48. The average molecular weight is 212 g/mol. The van der Waals surface area contributed by atoms with E-state index in [1.165, 1.54) is 32.2 Å². The first-order valence-electron chi connectivity index (χ1n) is 6.43. The van der Waals surface area contributed by atoms with Gasteiger partial charge in [-0.2, -0.15) is 0 Å². The molecular formula is C13H28N2. The molecule has 90 valence electrons. The van der Waals surface area contributed by atoms with Crippen LogP contribution in [-0.4, -0.2) is 25.2 Å². The predicted molar refractivity (Wildman–Crippen MR) is 67.2 cm³/mol. The highest BCUT2D eigenvalue weighted by Gasteiger charge is 2.40. The highest BCUT2D eigenvalue weighted by atomic mass is 15.0. The minimum Gasteiger partial charge on any atom is -0.315 e. The number of hydrogen-bond acceptors (Lipinski definition) is 2. The van der Waals surface area contributed by atoms with E-state index in [4.69, 9.17) is 0 Å². The van der Waals surface area contributed by atoms with E-state index in [1.807, 2.05) is 0 Å². The molecule has 1 saturated carbocycles.